The van der Waals surface area contributed by atoms with Crippen molar-refractivity contribution in [2.24, 2.45) is 0 Å². The van der Waals surface area contributed by atoms with Crippen LogP contribution >= 0.6 is 11.3 Å². The van der Waals surface area contributed by atoms with Crippen LogP contribution in [0.1, 0.15) is 27.3 Å². The Morgan fingerprint density at radius 3 is 2.88 bits per heavy atom. The van der Waals surface area contributed by atoms with Crippen LogP contribution in [0.5, 0.6) is 0 Å². The molecular weight excluding hydrogens is 336 g/mol. The second kappa shape index (κ2) is 6.18. The number of aromatic nitrogens is 2. The summed E-state index contributed by atoms with van der Waals surface area (Å²) >= 11 is 1.36. The first-order valence-corrected chi connectivity index (χ1v) is 8.77. The van der Waals surface area contributed by atoms with Crippen LogP contribution in [0.2, 0.25) is 0 Å². The summed E-state index contributed by atoms with van der Waals surface area (Å²) in [5.41, 5.74) is 3.27. The Hall–Kier alpha value is -2.93. The predicted molar refractivity (Wildman–Crippen MR) is 97.5 cm³/mol. The first-order valence-electron chi connectivity index (χ1n) is 7.95. The lowest BCUT2D eigenvalue weighted by atomic mass is 10.0. The van der Waals surface area contributed by atoms with Crippen LogP contribution in [0.3, 0.4) is 0 Å². The van der Waals surface area contributed by atoms with Crippen LogP contribution in [-0.4, -0.2) is 21.4 Å². The normalized spacial score (nSPS) is 13.2. The van der Waals surface area contributed by atoms with Crippen molar-refractivity contribution in [2.45, 2.75) is 19.8 Å². The zero-order valence-corrected chi connectivity index (χ0v) is 14.4. The smallest absolute Gasteiger partial charge is 0.267 e. The Labute approximate surface area is 148 Å². The van der Waals surface area contributed by atoms with E-state index in [2.05, 4.69) is 15.6 Å². The predicted octanol–water partition coefficient (Wildman–Crippen LogP) is 3.38. The summed E-state index contributed by atoms with van der Waals surface area (Å²) in [7, 11) is 0. The van der Waals surface area contributed by atoms with Gasteiger partial charge in [0.25, 0.3) is 5.91 Å². The van der Waals surface area contributed by atoms with E-state index in [1.54, 1.807) is 6.07 Å². The molecule has 25 heavy (non-hydrogen) atoms. The molecule has 2 aromatic heterocycles. The third-order valence-corrected chi connectivity index (χ3v) is 5.25. The number of hydrogen-bond donors (Lipinski definition) is 2. The molecule has 0 fully saturated rings. The van der Waals surface area contributed by atoms with Crippen molar-refractivity contribution in [3.63, 3.8) is 0 Å². The van der Waals surface area contributed by atoms with E-state index < -0.39 is 0 Å². The van der Waals surface area contributed by atoms with E-state index in [9.17, 15) is 9.59 Å². The number of nitrogens with zero attached hydrogens (tertiary/aromatic N) is 2. The van der Waals surface area contributed by atoms with E-state index in [4.69, 9.17) is 0 Å². The molecule has 1 aliphatic rings. The summed E-state index contributed by atoms with van der Waals surface area (Å²) in [6.07, 6.45) is 4.95. The molecule has 6 nitrogen and oxygen atoms in total. The summed E-state index contributed by atoms with van der Waals surface area (Å²) in [5, 5.41) is 6.53. The number of rotatable bonds is 3. The first-order chi connectivity index (χ1) is 12.1. The molecule has 2 amide bonds. The first kappa shape index (κ1) is 15.6. The number of benzene rings is 1. The Balaban J connectivity index is 1.55. The molecule has 126 valence electrons. The second-order valence-corrected chi connectivity index (χ2v) is 6.85. The number of fused-ring (bicyclic) bond motifs is 1. The third kappa shape index (κ3) is 3.06. The quantitative estimate of drug-likeness (QED) is 0.759. The summed E-state index contributed by atoms with van der Waals surface area (Å²) in [6.45, 7) is 1.83. The van der Waals surface area contributed by atoms with Gasteiger partial charge in [-0.2, -0.15) is 0 Å². The number of thiazole rings is 1. The average molecular weight is 352 g/mol. The summed E-state index contributed by atoms with van der Waals surface area (Å²) in [5.74, 6) is -0.143. The Kier molecular flexibility index (Phi) is 3.85. The van der Waals surface area contributed by atoms with Crippen LogP contribution in [0.4, 0.5) is 11.4 Å². The van der Waals surface area contributed by atoms with E-state index in [1.807, 2.05) is 48.1 Å². The lowest BCUT2D eigenvalue weighted by molar-refractivity contribution is -0.116. The molecule has 0 spiro atoms. The molecule has 1 aliphatic heterocycles. The minimum Gasteiger partial charge on any atom is -0.326 e. The number of amides is 2. The fourth-order valence-electron chi connectivity index (χ4n) is 2.81. The molecule has 0 aliphatic carbocycles. The van der Waals surface area contributed by atoms with Crippen LogP contribution in [-0.2, 0) is 11.2 Å². The highest BCUT2D eigenvalue weighted by Gasteiger charge is 2.18. The van der Waals surface area contributed by atoms with Crippen molar-refractivity contribution in [3.05, 3.63) is 58.9 Å². The number of aryl methyl sites for hydroxylation is 2. The van der Waals surface area contributed by atoms with Gasteiger partial charge in [0.1, 0.15) is 4.88 Å². The molecule has 2 N–H and O–H groups in total. The van der Waals surface area contributed by atoms with Gasteiger partial charge in [-0.15, -0.1) is 0 Å². The maximum absolute atomic E-state index is 12.6. The Morgan fingerprint density at radius 1 is 1.28 bits per heavy atom. The highest BCUT2D eigenvalue weighted by molar-refractivity contribution is 7.16. The molecule has 4 rings (SSSR count). The fraction of sp³-hybridized carbons (Fsp3) is 0.167. The maximum Gasteiger partial charge on any atom is 0.267 e. The minimum absolute atomic E-state index is 0.0297. The maximum atomic E-state index is 12.6. The average Bonchev–Trinajstić information content (AvgIpc) is 3.24. The van der Waals surface area contributed by atoms with Gasteiger partial charge >= 0.3 is 0 Å². The molecule has 0 saturated carbocycles. The minimum atomic E-state index is -0.173. The number of nitrogens with one attached hydrogen (secondary N) is 2. The number of hydrogen-bond acceptors (Lipinski definition) is 4. The third-order valence-electron chi connectivity index (χ3n) is 4.08. The highest BCUT2D eigenvalue weighted by atomic mass is 32.1. The van der Waals surface area contributed by atoms with Crippen molar-refractivity contribution < 1.29 is 9.59 Å². The Morgan fingerprint density at radius 2 is 2.08 bits per heavy atom. The molecule has 3 aromatic rings. The number of carbonyl (C=O) groups excluding carboxylic acids is 2. The van der Waals surface area contributed by atoms with Crippen molar-refractivity contribution in [1.82, 2.24) is 9.55 Å². The molecule has 7 heteroatoms. The molecule has 0 radical (unpaired) electrons. The van der Waals surface area contributed by atoms with Gasteiger partial charge in [0.05, 0.1) is 5.69 Å². The van der Waals surface area contributed by atoms with Crippen molar-refractivity contribution in [3.8, 4) is 5.13 Å². The molecule has 1 aromatic carbocycles. The van der Waals surface area contributed by atoms with Crippen molar-refractivity contribution in [2.75, 3.05) is 10.6 Å². The van der Waals surface area contributed by atoms with Gasteiger partial charge in [-0.25, -0.2) is 4.98 Å². The van der Waals surface area contributed by atoms with Crippen LogP contribution in [0.15, 0.2) is 42.7 Å². The largest absolute Gasteiger partial charge is 0.326 e. The second-order valence-electron chi connectivity index (χ2n) is 5.88. The Bertz CT molecular complexity index is 960. The van der Waals surface area contributed by atoms with Crippen LogP contribution in [0, 0.1) is 6.92 Å². The molecule has 3 heterocycles. The van der Waals surface area contributed by atoms with Gasteiger partial charge in [0, 0.05) is 30.2 Å². The van der Waals surface area contributed by atoms with Gasteiger partial charge in [0.2, 0.25) is 5.91 Å². The number of carbonyl (C=O) groups is 2. The van der Waals surface area contributed by atoms with E-state index >= 15 is 0 Å². The zero-order valence-electron chi connectivity index (χ0n) is 13.6. The summed E-state index contributed by atoms with van der Waals surface area (Å²) < 4.78 is 1.88. The van der Waals surface area contributed by atoms with Gasteiger partial charge in [-0.1, -0.05) is 11.3 Å². The van der Waals surface area contributed by atoms with Crippen molar-refractivity contribution >= 4 is 34.5 Å². The van der Waals surface area contributed by atoms with Crippen LogP contribution < -0.4 is 10.6 Å². The number of anilines is 2. The van der Waals surface area contributed by atoms with Gasteiger partial charge < -0.3 is 15.2 Å². The topological polar surface area (TPSA) is 76.0 Å². The van der Waals surface area contributed by atoms with E-state index in [-0.39, 0.29) is 11.8 Å². The SMILES string of the molecule is Cc1nc(-n2cccc2)sc1C(=O)Nc1ccc2c(c1)CCC(=O)N2. The fourth-order valence-corrected chi connectivity index (χ4v) is 3.74. The molecule has 0 unspecified atom stereocenters. The summed E-state index contributed by atoms with van der Waals surface area (Å²) in [4.78, 5) is 29.1. The molecule has 0 bridgehead atoms. The standard InChI is InChI=1S/C18H16N4O2S/c1-11-16(25-18(19-11)22-8-2-3-9-22)17(24)20-13-5-6-14-12(10-13)4-7-15(23)21-14/h2-3,5-6,8-10H,4,7H2,1H3,(H,20,24)(H,21,23). The van der Waals surface area contributed by atoms with Gasteiger partial charge in [-0.05, 0) is 49.2 Å². The van der Waals surface area contributed by atoms with E-state index in [1.165, 1.54) is 11.3 Å². The molecule has 0 saturated heterocycles. The molecular formula is C18H16N4O2S. The van der Waals surface area contributed by atoms with E-state index in [0.29, 0.717) is 23.4 Å². The van der Waals surface area contributed by atoms with Crippen LogP contribution in [0.25, 0.3) is 5.13 Å². The molecule has 0 atom stereocenters. The highest BCUT2D eigenvalue weighted by Crippen LogP contribution is 2.27. The summed E-state index contributed by atoms with van der Waals surface area (Å²) in [6, 6.07) is 9.37. The monoisotopic (exact) mass is 352 g/mol. The van der Waals surface area contributed by atoms with Gasteiger partial charge in [-0.3, -0.25) is 9.59 Å². The lowest BCUT2D eigenvalue weighted by Crippen LogP contribution is -2.19. The van der Waals surface area contributed by atoms with Crippen molar-refractivity contribution in [1.29, 1.82) is 0 Å². The van der Waals surface area contributed by atoms with E-state index in [0.717, 1.165) is 22.1 Å². The zero-order chi connectivity index (χ0) is 17.4. The van der Waals surface area contributed by atoms with Gasteiger partial charge in [0.15, 0.2) is 5.13 Å². The lowest BCUT2D eigenvalue weighted by Gasteiger charge is -2.17.